The van der Waals surface area contributed by atoms with Crippen LogP contribution >= 0.6 is 0 Å². The molecule has 0 radical (unpaired) electrons. The molecular formula is C17H31N3O. The summed E-state index contributed by atoms with van der Waals surface area (Å²) in [6.45, 7) is 9.84. The van der Waals surface area contributed by atoms with Crippen LogP contribution < -0.4 is 5.32 Å². The van der Waals surface area contributed by atoms with E-state index in [2.05, 4.69) is 50.0 Å². The van der Waals surface area contributed by atoms with Gasteiger partial charge in [0.25, 0.3) is 0 Å². The minimum atomic E-state index is 0.334. The Morgan fingerprint density at radius 2 is 2.24 bits per heavy atom. The third kappa shape index (κ3) is 4.55. The fourth-order valence-electron chi connectivity index (χ4n) is 2.94. The summed E-state index contributed by atoms with van der Waals surface area (Å²) in [5.41, 5.74) is 1.17. The average Bonchev–Trinajstić information content (AvgIpc) is 3.11. The fraction of sp³-hybridized carbons (Fsp3) is 0.824. The number of nitrogens with zero attached hydrogens (tertiary/aromatic N) is 2. The molecule has 1 aliphatic rings. The second-order valence-corrected chi connectivity index (χ2v) is 6.37. The van der Waals surface area contributed by atoms with E-state index in [1.807, 2.05) is 0 Å². The summed E-state index contributed by atoms with van der Waals surface area (Å²) in [5.74, 6) is 0. The van der Waals surface area contributed by atoms with Gasteiger partial charge in [0, 0.05) is 24.7 Å². The minimum absolute atomic E-state index is 0.334. The Labute approximate surface area is 129 Å². The monoisotopic (exact) mass is 293 g/mol. The largest absolute Gasteiger partial charge is 0.374 e. The average molecular weight is 293 g/mol. The van der Waals surface area contributed by atoms with Gasteiger partial charge in [-0.15, -0.1) is 0 Å². The third-order valence-electron chi connectivity index (χ3n) is 4.51. The predicted octanol–water partition coefficient (Wildman–Crippen LogP) is 3.33. The summed E-state index contributed by atoms with van der Waals surface area (Å²) in [6.07, 6.45) is 8.41. The minimum Gasteiger partial charge on any atom is -0.374 e. The van der Waals surface area contributed by atoms with Gasteiger partial charge >= 0.3 is 0 Å². The zero-order chi connectivity index (χ0) is 15.2. The number of nitrogens with one attached hydrogen (secondary N) is 1. The molecule has 21 heavy (non-hydrogen) atoms. The first-order chi connectivity index (χ1) is 10.1. The van der Waals surface area contributed by atoms with Crippen molar-refractivity contribution in [3.63, 3.8) is 0 Å². The number of ether oxygens (including phenoxy) is 1. The highest BCUT2D eigenvalue weighted by Crippen LogP contribution is 2.23. The van der Waals surface area contributed by atoms with E-state index < -0.39 is 0 Å². The maximum absolute atomic E-state index is 6.07. The van der Waals surface area contributed by atoms with Crippen LogP contribution in [0.25, 0.3) is 0 Å². The lowest BCUT2D eigenvalue weighted by atomic mass is 10.0. The lowest BCUT2D eigenvalue weighted by molar-refractivity contribution is 0.0318. The van der Waals surface area contributed by atoms with Crippen LogP contribution in [0.5, 0.6) is 0 Å². The van der Waals surface area contributed by atoms with Crippen molar-refractivity contribution in [2.75, 3.05) is 6.54 Å². The summed E-state index contributed by atoms with van der Waals surface area (Å²) < 4.78 is 8.16. The topological polar surface area (TPSA) is 39.1 Å². The molecule has 1 fully saturated rings. The summed E-state index contributed by atoms with van der Waals surface area (Å²) >= 11 is 0. The summed E-state index contributed by atoms with van der Waals surface area (Å²) in [4.78, 5) is 0. The molecule has 0 aromatic carbocycles. The molecule has 1 N–H and O–H groups in total. The van der Waals surface area contributed by atoms with Crippen molar-refractivity contribution in [3.8, 4) is 0 Å². The molecule has 1 saturated heterocycles. The molecule has 1 aromatic rings. The van der Waals surface area contributed by atoms with Crippen LogP contribution in [0, 0.1) is 0 Å². The van der Waals surface area contributed by atoms with Crippen LogP contribution in [0.3, 0.4) is 0 Å². The maximum Gasteiger partial charge on any atom is 0.0736 e. The Hall–Kier alpha value is -0.870. The van der Waals surface area contributed by atoms with E-state index in [4.69, 9.17) is 9.84 Å². The quantitative estimate of drug-likeness (QED) is 0.799. The second kappa shape index (κ2) is 7.95. The summed E-state index contributed by atoms with van der Waals surface area (Å²) in [6, 6.07) is 3.02. The van der Waals surface area contributed by atoms with Crippen molar-refractivity contribution in [3.05, 3.63) is 18.0 Å². The van der Waals surface area contributed by atoms with Crippen LogP contribution in [-0.2, 0) is 11.2 Å². The summed E-state index contributed by atoms with van der Waals surface area (Å²) in [7, 11) is 0. The Bertz CT molecular complexity index is 418. The van der Waals surface area contributed by atoms with Crippen LogP contribution in [0.15, 0.2) is 12.3 Å². The first-order valence-electron chi connectivity index (χ1n) is 8.56. The standard InChI is InChI=1S/C17H31N3O/c1-5-10-18-16(17-8-7-14(4)21-17)12-15-9-11-20(19-15)13(3)6-2/h9,11,13-14,16-18H,5-8,10,12H2,1-4H3. The molecule has 0 aliphatic carbocycles. The molecule has 4 atom stereocenters. The van der Waals surface area contributed by atoms with E-state index in [-0.39, 0.29) is 0 Å². The van der Waals surface area contributed by atoms with Crippen LogP contribution in [0.1, 0.15) is 65.1 Å². The third-order valence-corrected chi connectivity index (χ3v) is 4.51. The van der Waals surface area contributed by atoms with Gasteiger partial charge in [-0.3, -0.25) is 4.68 Å². The van der Waals surface area contributed by atoms with Crippen molar-refractivity contribution < 1.29 is 4.74 Å². The van der Waals surface area contributed by atoms with Gasteiger partial charge in [-0.1, -0.05) is 13.8 Å². The fourth-order valence-corrected chi connectivity index (χ4v) is 2.94. The molecule has 1 aromatic heterocycles. The van der Waals surface area contributed by atoms with Gasteiger partial charge in [0.15, 0.2) is 0 Å². The highest BCUT2D eigenvalue weighted by atomic mass is 16.5. The van der Waals surface area contributed by atoms with Crippen molar-refractivity contribution in [2.45, 2.75) is 84.1 Å². The predicted molar refractivity (Wildman–Crippen MR) is 86.6 cm³/mol. The zero-order valence-corrected chi connectivity index (χ0v) is 14.0. The molecular weight excluding hydrogens is 262 g/mol. The molecule has 0 spiro atoms. The van der Waals surface area contributed by atoms with Crippen molar-refractivity contribution in [1.82, 2.24) is 15.1 Å². The van der Waals surface area contributed by atoms with Crippen molar-refractivity contribution in [2.24, 2.45) is 0 Å². The molecule has 4 unspecified atom stereocenters. The van der Waals surface area contributed by atoms with E-state index in [9.17, 15) is 0 Å². The Kier molecular flexibility index (Phi) is 6.24. The lowest BCUT2D eigenvalue weighted by Gasteiger charge is -2.24. The number of hydrogen-bond acceptors (Lipinski definition) is 3. The molecule has 1 aliphatic heterocycles. The summed E-state index contributed by atoms with van der Waals surface area (Å²) in [5, 5.41) is 8.40. The van der Waals surface area contributed by atoms with E-state index >= 15 is 0 Å². The van der Waals surface area contributed by atoms with E-state index in [0.29, 0.717) is 24.3 Å². The van der Waals surface area contributed by atoms with E-state index in [0.717, 1.165) is 32.2 Å². The van der Waals surface area contributed by atoms with E-state index in [1.54, 1.807) is 0 Å². The Morgan fingerprint density at radius 3 is 2.86 bits per heavy atom. The van der Waals surface area contributed by atoms with Gasteiger partial charge in [-0.25, -0.2) is 0 Å². The Morgan fingerprint density at radius 1 is 1.43 bits per heavy atom. The maximum atomic E-state index is 6.07. The first kappa shape index (κ1) is 16.5. The highest BCUT2D eigenvalue weighted by Gasteiger charge is 2.29. The van der Waals surface area contributed by atoms with Crippen molar-refractivity contribution in [1.29, 1.82) is 0 Å². The van der Waals surface area contributed by atoms with E-state index in [1.165, 1.54) is 12.1 Å². The van der Waals surface area contributed by atoms with Crippen LogP contribution in [-0.4, -0.2) is 34.6 Å². The Balaban J connectivity index is 1.98. The molecule has 120 valence electrons. The molecule has 2 heterocycles. The zero-order valence-electron chi connectivity index (χ0n) is 14.0. The number of hydrogen-bond donors (Lipinski definition) is 1. The highest BCUT2D eigenvalue weighted by molar-refractivity contribution is 5.04. The SMILES string of the molecule is CCCNC(Cc1ccn(C(C)CC)n1)C1CCC(C)O1. The molecule has 4 heteroatoms. The van der Waals surface area contributed by atoms with Gasteiger partial charge in [-0.2, -0.15) is 5.10 Å². The second-order valence-electron chi connectivity index (χ2n) is 6.37. The van der Waals surface area contributed by atoms with Crippen LogP contribution in [0.4, 0.5) is 0 Å². The molecule has 0 amide bonds. The molecule has 0 bridgehead atoms. The first-order valence-corrected chi connectivity index (χ1v) is 8.56. The van der Waals surface area contributed by atoms with Gasteiger partial charge in [-0.05, 0) is 52.1 Å². The normalized spacial score (nSPS) is 25.1. The van der Waals surface area contributed by atoms with Gasteiger partial charge < -0.3 is 10.1 Å². The lowest BCUT2D eigenvalue weighted by Crippen LogP contribution is -2.42. The number of aromatic nitrogens is 2. The number of rotatable bonds is 8. The molecule has 4 nitrogen and oxygen atoms in total. The van der Waals surface area contributed by atoms with Gasteiger partial charge in [0.1, 0.15) is 0 Å². The van der Waals surface area contributed by atoms with Crippen LogP contribution in [0.2, 0.25) is 0 Å². The molecule has 0 saturated carbocycles. The van der Waals surface area contributed by atoms with Gasteiger partial charge in [0.05, 0.1) is 17.9 Å². The van der Waals surface area contributed by atoms with Crippen molar-refractivity contribution >= 4 is 0 Å². The smallest absolute Gasteiger partial charge is 0.0736 e. The van der Waals surface area contributed by atoms with Gasteiger partial charge in [0.2, 0.25) is 0 Å². The molecule has 2 rings (SSSR count).